The average Bonchev–Trinajstić information content (AvgIpc) is 3.33. The Kier molecular flexibility index (Phi) is 54.7. The van der Waals surface area contributed by atoms with Crippen molar-refractivity contribution in [2.45, 2.75) is 335 Å². The van der Waals surface area contributed by atoms with Crippen molar-refractivity contribution in [1.82, 2.24) is 0 Å². The van der Waals surface area contributed by atoms with Crippen molar-refractivity contribution in [3.8, 4) is 0 Å². The van der Waals surface area contributed by atoms with E-state index in [1.807, 2.05) is 0 Å². The zero-order valence-corrected chi connectivity index (χ0v) is 45.2. The molecule has 0 aliphatic heterocycles. The van der Waals surface area contributed by atoms with Crippen LogP contribution in [-0.2, 0) is 28.6 Å². The standard InChI is InChI=1S/C61H114O6/c1-4-7-10-13-16-19-22-25-28-29-30-31-34-36-39-42-45-48-51-54-60(63)66-57-58(67-61(64)55-52-49-46-43-40-37-33-27-24-21-18-15-12-9-6-3)56-65-59(62)53-50-47-44-41-38-35-32-26-23-20-17-14-11-8-5-2/h20-21,23-24,58H,4-19,22,25-57H2,1-3H3/b23-20+,24-21+/t58-/m1/s1. The highest BCUT2D eigenvalue weighted by Gasteiger charge is 2.19. The van der Waals surface area contributed by atoms with Gasteiger partial charge in [0, 0.05) is 19.3 Å². The summed E-state index contributed by atoms with van der Waals surface area (Å²) >= 11 is 0. The average molecular weight is 944 g/mol. The van der Waals surface area contributed by atoms with Crippen LogP contribution in [0.2, 0.25) is 0 Å². The Morgan fingerprint density at radius 2 is 0.493 bits per heavy atom. The summed E-state index contributed by atoms with van der Waals surface area (Å²) in [7, 11) is 0. The molecule has 6 heteroatoms. The van der Waals surface area contributed by atoms with Crippen molar-refractivity contribution in [2.24, 2.45) is 0 Å². The topological polar surface area (TPSA) is 78.9 Å². The van der Waals surface area contributed by atoms with Gasteiger partial charge in [-0.05, 0) is 70.6 Å². The lowest BCUT2D eigenvalue weighted by molar-refractivity contribution is -0.167. The second kappa shape index (κ2) is 56.5. The van der Waals surface area contributed by atoms with Crippen molar-refractivity contribution in [1.29, 1.82) is 0 Å². The fourth-order valence-corrected chi connectivity index (χ4v) is 8.91. The molecule has 0 aromatic rings. The Morgan fingerprint density at radius 3 is 0.761 bits per heavy atom. The normalized spacial score (nSPS) is 12.1. The molecule has 0 bridgehead atoms. The molecule has 0 N–H and O–H groups in total. The van der Waals surface area contributed by atoms with Gasteiger partial charge in [-0.1, -0.05) is 263 Å². The van der Waals surface area contributed by atoms with E-state index in [9.17, 15) is 14.4 Å². The first kappa shape index (κ1) is 64.9. The van der Waals surface area contributed by atoms with Crippen LogP contribution in [0.5, 0.6) is 0 Å². The van der Waals surface area contributed by atoms with Gasteiger partial charge in [0.25, 0.3) is 0 Å². The van der Waals surface area contributed by atoms with Gasteiger partial charge in [-0.2, -0.15) is 0 Å². The smallest absolute Gasteiger partial charge is 0.306 e. The third-order valence-corrected chi connectivity index (χ3v) is 13.4. The molecule has 0 heterocycles. The highest BCUT2D eigenvalue weighted by atomic mass is 16.6. The molecule has 1 atom stereocenters. The van der Waals surface area contributed by atoms with Crippen LogP contribution in [0.3, 0.4) is 0 Å². The van der Waals surface area contributed by atoms with Crippen molar-refractivity contribution >= 4 is 17.9 Å². The highest BCUT2D eigenvalue weighted by Crippen LogP contribution is 2.17. The van der Waals surface area contributed by atoms with E-state index in [-0.39, 0.29) is 31.1 Å². The third kappa shape index (κ3) is 54.7. The van der Waals surface area contributed by atoms with Crippen LogP contribution in [0.1, 0.15) is 329 Å². The summed E-state index contributed by atoms with van der Waals surface area (Å²) in [5.74, 6) is -0.857. The molecule has 0 spiro atoms. The van der Waals surface area contributed by atoms with E-state index in [0.29, 0.717) is 19.3 Å². The number of hydrogen-bond donors (Lipinski definition) is 0. The van der Waals surface area contributed by atoms with E-state index >= 15 is 0 Å². The Bertz CT molecular complexity index is 1080. The lowest BCUT2D eigenvalue weighted by Gasteiger charge is -2.18. The molecule has 6 nitrogen and oxygen atoms in total. The van der Waals surface area contributed by atoms with Crippen LogP contribution in [0.4, 0.5) is 0 Å². The summed E-state index contributed by atoms with van der Waals surface area (Å²) in [6, 6.07) is 0. The van der Waals surface area contributed by atoms with Gasteiger partial charge in [0.05, 0.1) is 0 Å². The number of esters is 3. The number of ether oxygens (including phenoxy) is 3. The molecule has 0 aliphatic carbocycles. The molecule has 0 rings (SSSR count). The van der Waals surface area contributed by atoms with Crippen LogP contribution in [0, 0.1) is 0 Å². The fraction of sp³-hybridized carbons (Fsp3) is 0.885. The first-order valence-corrected chi connectivity index (χ1v) is 29.8. The summed E-state index contributed by atoms with van der Waals surface area (Å²) in [6.07, 6.45) is 66.0. The van der Waals surface area contributed by atoms with Gasteiger partial charge < -0.3 is 14.2 Å². The quantitative estimate of drug-likeness (QED) is 0.0262. The number of rotatable bonds is 55. The lowest BCUT2D eigenvalue weighted by atomic mass is 10.0. The van der Waals surface area contributed by atoms with E-state index in [2.05, 4.69) is 45.1 Å². The van der Waals surface area contributed by atoms with Crippen molar-refractivity contribution in [3.63, 3.8) is 0 Å². The summed E-state index contributed by atoms with van der Waals surface area (Å²) in [5, 5.41) is 0. The molecule has 0 radical (unpaired) electrons. The van der Waals surface area contributed by atoms with E-state index < -0.39 is 6.10 Å². The van der Waals surface area contributed by atoms with Crippen LogP contribution >= 0.6 is 0 Å². The molecule has 0 saturated carbocycles. The Hall–Kier alpha value is -2.11. The molecule has 394 valence electrons. The minimum Gasteiger partial charge on any atom is -0.462 e. The molecule has 0 aliphatic rings. The van der Waals surface area contributed by atoms with Crippen molar-refractivity contribution in [2.75, 3.05) is 13.2 Å². The zero-order valence-electron chi connectivity index (χ0n) is 45.2. The van der Waals surface area contributed by atoms with Gasteiger partial charge >= 0.3 is 17.9 Å². The Balaban J connectivity index is 4.31. The number of carbonyl (C=O) groups excluding carboxylic acids is 3. The molecule has 0 fully saturated rings. The zero-order chi connectivity index (χ0) is 48.6. The van der Waals surface area contributed by atoms with Gasteiger partial charge in [-0.15, -0.1) is 0 Å². The summed E-state index contributed by atoms with van der Waals surface area (Å²) < 4.78 is 16.9. The van der Waals surface area contributed by atoms with Gasteiger partial charge in [0.15, 0.2) is 6.10 Å². The maximum absolute atomic E-state index is 12.9. The second-order valence-corrected chi connectivity index (χ2v) is 20.3. The summed E-state index contributed by atoms with van der Waals surface area (Å²) in [4.78, 5) is 38.2. The van der Waals surface area contributed by atoms with Crippen LogP contribution < -0.4 is 0 Å². The Labute approximate surface area is 417 Å². The van der Waals surface area contributed by atoms with Crippen molar-refractivity contribution in [3.05, 3.63) is 24.3 Å². The van der Waals surface area contributed by atoms with Crippen molar-refractivity contribution < 1.29 is 28.6 Å². The number of carbonyl (C=O) groups is 3. The number of allylic oxidation sites excluding steroid dienone is 4. The maximum atomic E-state index is 12.9. The summed E-state index contributed by atoms with van der Waals surface area (Å²) in [6.45, 7) is 6.66. The molecule has 67 heavy (non-hydrogen) atoms. The molecule has 0 saturated heterocycles. The predicted molar refractivity (Wildman–Crippen MR) is 289 cm³/mol. The highest BCUT2D eigenvalue weighted by molar-refractivity contribution is 5.71. The SMILES string of the molecule is CCCCCC/C=C/CCCCCCCCCC(=O)OC[C@H](COC(=O)CCCCCCCCCCCCCCCCCCCCC)OC(=O)CCCCCCCCC/C=C/CCCCCC. The Morgan fingerprint density at radius 1 is 0.284 bits per heavy atom. The minimum atomic E-state index is -0.771. The monoisotopic (exact) mass is 943 g/mol. The van der Waals surface area contributed by atoms with E-state index in [1.165, 1.54) is 231 Å². The first-order chi connectivity index (χ1) is 33.0. The third-order valence-electron chi connectivity index (χ3n) is 13.4. The minimum absolute atomic E-state index is 0.0697. The van der Waals surface area contributed by atoms with E-state index in [1.54, 1.807) is 0 Å². The molecule has 0 unspecified atom stereocenters. The van der Waals surface area contributed by atoms with Crippen LogP contribution in [0.25, 0.3) is 0 Å². The van der Waals surface area contributed by atoms with Gasteiger partial charge in [-0.3, -0.25) is 14.4 Å². The van der Waals surface area contributed by atoms with Crippen LogP contribution in [0.15, 0.2) is 24.3 Å². The molecular formula is C61H114O6. The first-order valence-electron chi connectivity index (χ1n) is 29.8. The van der Waals surface area contributed by atoms with Crippen LogP contribution in [-0.4, -0.2) is 37.2 Å². The van der Waals surface area contributed by atoms with Gasteiger partial charge in [-0.25, -0.2) is 0 Å². The van der Waals surface area contributed by atoms with E-state index in [4.69, 9.17) is 14.2 Å². The summed E-state index contributed by atoms with van der Waals surface area (Å²) in [5.41, 5.74) is 0. The fourth-order valence-electron chi connectivity index (χ4n) is 8.91. The lowest BCUT2D eigenvalue weighted by Crippen LogP contribution is -2.30. The molecule has 0 aromatic heterocycles. The molecule has 0 amide bonds. The predicted octanol–water partition coefficient (Wildman–Crippen LogP) is 19.9. The van der Waals surface area contributed by atoms with E-state index in [0.717, 1.165) is 57.8 Å². The molecule has 0 aromatic carbocycles. The van der Waals surface area contributed by atoms with Gasteiger partial charge in [0.1, 0.15) is 13.2 Å². The van der Waals surface area contributed by atoms with Gasteiger partial charge in [0.2, 0.25) is 0 Å². The number of hydrogen-bond acceptors (Lipinski definition) is 6. The second-order valence-electron chi connectivity index (χ2n) is 20.3. The number of unbranched alkanes of at least 4 members (excludes halogenated alkanes) is 40. The molecular weight excluding hydrogens is 829 g/mol. The largest absolute Gasteiger partial charge is 0.462 e. The maximum Gasteiger partial charge on any atom is 0.306 e.